The van der Waals surface area contributed by atoms with Crippen molar-refractivity contribution >= 4 is 15.8 Å². The number of carbonyl (C=O) groups excluding carboxylic acids is 1. The molecule has 0 aliphatic heterocycles. The van der Waals surface area contributed by atoms with Crippen LogP contribution in [0.2, 0.25) is 0 Å². The molecule has 0 saturated carbocycles. The Kier molecular flexibility index (Phi) is 6.12. The average Bonchev–Trinajstić information content (AvgIpc) is 2.15. The minimum atomic E-state index is -3.15. The van der Waals surface area contributed by atoms with Crippen LogP contribution in [0, 0.1) is 0 Å². The molecule has 5 nitrogen and oxygen atoms in total. The van der Waals surface area contributed by atoms with Gasteiger partial charge in [-0.1, -0.05) is 0 Å². The second kappa shape index (κ2) is 6.35. The first-order chi connectivity index (χ1) is 7.62. The fourth-order valence-electron chi connectivity index (χ4n) is 1.07. The van der Waals surface area contributed by atoms with E-state index in [0.29, 0.717) is 6.61 Å². The summed E-state index contributed by atoms with van der Waals surface area (Å²) in [5.41, 5.74) is 0. The van der Waals surface area contributed by atoms with Crippen LogP contribution in [0.5, 0.6) is 0 Å². The Labute approximate surface area is 104 Å². The number of hydrogen-bond donors (Lipinski definition) is 1. The monoisotopic (exact) mass is 265 g/mol. The molecule has 17 heavy (non-hydrogen) atoms. The molecule has 0 heterocycles. The maximum Gasteiger partial charge on any atom is 0.322 e. The van der Waals surface area contributed by atoms with Crippen LogP contribution in [0.3, 0.4) is 0 Å². The Bertz CT molecular complexity index is 343. The van der Waals surface area contributed by atoms with Gasteiger partial charge in [-0.3, -0.25) is 4.79 Å². The predicted octanol–water partition coefficient (Wildman–Crippen LogP) is 0.741. The zero-order valence-electron chi connectivity index (χ0n) is 11.2. The normalized spacial score (nSPS) is 14.4. The Balaban J connectivity index is 4.13. The predicted molar refractivity (Wildman–Crippen MR) is 67.6 cm³/mol. The van der Waals surface area contributed by atoms with Gasteiger partial charge in [-0.15, -0.1) is 0 Å². The van der Waals surface area contributed by atoms with Crippen LogP contribution in [-0.4, -0.2) is 44.1 Å². The van der Waals surface area contributed by atoms with Crippen LogP contribution in [0.4, 0.5) is 0 Å². The van der Waals surface area contributed by atoms with Gasteiger partial charge in [0.15, 0.2) is 9.84 Å². The zero-order chi connectivity index (χ0) is 13.7. The number of sulfone groups is 1. The summed E-state index contributed by atoms with van der Waals surface area (Å²) in [6, 6.07) is -0.481. The molecule has 102 valence electrons. The number of ether oxygens (including phenoxy) is 1. The molecule has 0 bridgehead atoms. The van der Waals surface area contributed by atoms with E-state index in [9.17, 15) is 13.2 Å². The summed E-state index contributed by atoms with van der Waals surface area (Å²) in [5.74, 6) is -0.346. The van der Waals surface area contributed by atoms with Crippen molar-refractivity contribution in [2.45, 2.75) is 45.4 Å². The third-order valence-corrected chi connectivity index (χ3v) is 5.00. The van der Waals surface area contributed by atoms with E-state index >= 15 is 0 Å². The van der Waals surface area contributed by atoms with Crippen molar-refractivity contribution in [1.82, 2.24) is 5.32 Å². The van der Waals surface area contributed by atoms with Crippen LogP contribution in [-0.2, 0) is 19.4 Å². The summed E-state index contributed by atoms with van der Waals surface area (Å²) >= 11 is 0. The molecule has 1 unspecified atom stereocenters. The van der Waals surface area contributed by atoms with E-state index in [1.165, 1.54) is 0 Å². The lowest BCUT2D eigenvalue weighted by molar-refractivity contribution is -0.145. The van der Waals surface area contributed by atoms with Crippen molar-refractivity contribution in [3.63, 3.8) is 0 Å². The van der Waals surface area contributed by atoms with Gasteiger partial charge in [0.2, 0.25) is 0 Å². The fourth-order valence-corrected chi connectivity index (χ4v) is 2.07. The summed E-state index contributed by atoms with van der Waals surface area (Å²) in [6.45, 7) is 8.95. The molecule has 1 atom stereocenters. The lowest BCUT2D eigenvalue weighted by Crippen LogP contribution is -2.40. The molecule has 0 aromatic rings. The first-order valence-corrected chi connectivity index (χ1v) is 7.39. The molecule has 6 heteroatoms. The molecule has 0 fully saturated rings. The summed E-state index contributed by atoms with van der Waals surface area (Å²) < 4.78 is 27.6. The molecule has 0 rings (SSSR count). The highest BCUT2D eigenvalue weighted by Gasteiger charge is 2.28. The fraction of sp³-hybridized carbons (Fsp3) is 0.909. The highest BCUT2D eigenvalue weighted by Crippen LogP contribution is 2.15. The molecular weight excluding hydrogens is 242 g/mol. The van der Waals surface area contributed by atoms with Gasteiger partial charge in [-0.25, -0.2) is 8.42 Å². The molecule has 0 aliphatic carbocycles. The second-order valence-electron chi connectivity index (χ2n) is 4.86. The van der Waals surface area contributed by atoms with Gasteiger partial charge in [0.1, 0.15) is 6.04 Å². The molecular formula is C11H23NO4S. The topological polar surface area (TPSA) is 72.5 Å². The van der Waals surface area contributed by atoms with Crippen molar-refractivity contribution in [1.29, 1.82) is 0 Å². The molecule has 1 N–H and O–H groups in total. The van der Waals surface area contributed by atoms with E-state index in [0.717, 1.165) is 0 Å². The van der Waals surface area contributed by atoms with Gasteiger partial charge in [0, 0.05) is 6.54 Å². The van der Waals surface area contributed by atoms with E-state index in [4.69, 9.17) is 4.74 Å². The van der Waals surface area contributed by atoms with Gasteiger partial charge in [0.25, 0.3) is 0 Å². The van der Waals surface area contributed by atoms with E-state index in [2.05, 4.69) is 5.32 Å². The third kappa shape index (κ3) is 5.50. The molecule has 0 radical (unpaired) electrons. The highest BCUT2D eigenvalue weighted by molar-refractivity contribution is 7.92. The van der Waals surface area contributed by atoms with Crippen LogP contribution in [0.15, 0.2) is 0 Å². The van der Waals surface area contributed by atoms with Crippen LogP contribution in [0.25, 0.3) is 0 Å². The van der Waals surface area contributed by atoms with Crippen molar-refractivity contribution in [2.75, 3.05) is 18.9 Å². The summed E-state index contributed by atoms with van der Waals surface area (Å²) in [5, 5.41) is 2.84. The van der Waals surface area contributed by atoms with Crippen molar-refractivity contribution < 1.29 is 17.9 Å². The first kappa shape index (κ1) is 16.4. The van der Waals surface area contributed by atoms with Gasteiger partial charge in [-0.2, -0.15) is 0 Å². The SMILES string of the molecule is CCOC(=O)C(C)NCCS(=O)(=O)C(C)(C)C. The molecule has 0 aromatic carbocycles. The number of esters is 1. The van der Waals surface area contributed by atoms with E-state index < -0.39 is 20.6 Å². The van der Waals surface area contributed by atoms with E-state index in [-0.39, 0.29) is 18.3 Å². The zero-order valence-corrected chi connectivity index (χ0v) is 12.1. The Morgan fingerprint density at radius 1 is 1.35 bits per heavy atom. The second-order valence-corrected chi connectivity index (χ2v) is 7.72. The first-order valence-electron chi connectivity index (χ1n) is 5.74. The lowest BCUT2D eigenvalue weighted by Gasteiger charge is -2.20. The Morgan fingerprint density at radius 2 is 1.88 bits per heavy atom. The summed E-state index contributed by atoms with van der Waals surface area (Å²) in [4.78, 5) is 11.3. The lowest BCUT2D eigenvalue weighted by atomic mass is 10.3. The van der Waals surface area contributed by atoms with Crippen LogP contribution >= 0.6 is 0 Å². The van der Waals surface area contributed by atoms with Crippen LogP contribution < -0.4 is 5.32 Å². The number of rotatable bonds is 6. The molecule has 0 saturated heterocycles. The Hall–Kier alpha value is -0.620. The van der Waals surface area contributed by atoms with Gasteiger partial charge < -0.3 is 10.1 Å². The van der Waals surface area contributed by atoms with Crippen molar-refractivity contribution in [3.05, 3.63) is 0 Å². The third-order valence-electron chi connectivity index (χ3n) is 2.39. The van der Waals surface area contributed by atoms with Gasteiger partial charge >= 0.3 is 5.97 Å². The quantitative estimate of drug-likeness (QED) is 0.717. The summed E-state index contributed by atoms with van der Waals surface area (Å²) in [7, 11) is -3.15. The van der Waals surface area contributed by atoms with E-state index in [1.54, 1.807) is 34.6 Å². The summed E-state index contributed by atoms with van der Waals surface area (Å²) in [6.07, 6.45) is 0. The highest BCUT2D eigenvalue weighted by atomic mass is 32.2. The van der Waals surface area contributed by atoms with E-state index in [1.807, 2.05) is 0 Å². The number of nitrogens with one attached hydrogen (secondary N) is 1. The van der Waals surface area contributed by atoms with Crippen molar-refractivity contribution in [2.24, 2.45) is 0 Å². The molecule has 0 aromatic heterocycles. The van der Waals surface area contributed by atoms with Gasteiger partial charge in [0.05, 0.1) is 17.1 Å². The largest absolute Gasteiger partial charge is 0.465 e. The van der Waals surface area contributed by atoms with Gasteiger partial charge in [-0.05, 0) is 34.6 Å². The minimum Gasteiger partial charge on any atom is -0.465 e. The maximum atomic E-state index is 11.8. The van der Waals surface area contributed by atoms with Crippen molar-refractivity contribution in [3.8, 4) is 0 Å². The number of carbonyl (C=O) groups is 1. The molecule has 0 spiro atoms. The average molecular weight is 265 g/mol. The standard InChI is InChI=1S/C11H23NO4S/c1-6-16-10(13)9(2)12-7-8-17(14,15)11(3,4)5/h9,12H,6-8H2,1-5H3. The number of hydrogen-bond acceptors (Lipinski definition) is 5. The molecule has 0 aliphatic rings. The molecule has 0 amide bonds. The van der Waals surface area contributed by atoms with Crippen LogP contribution in [0.1, 0.15) is 34.6 Å². The minimum absolute atomic E-state index is 0.0141. The smallest absolute Gasteiger partial charge is 0.322 e. The maximum absolute atomic E-state index is 11.8. The Morgan fingerprint density at radius 3 is 2.29 bits per heavy atom.